The number of aromatic amines is 1. The maximum Gasteiger partial charge on any atom is 0.255 e. The van der Waals surface area contributed by atoms with Crippen molar-refractivity contribution in [3.05, 3.63) is 57.3 Å². The van der Waals surface area contributed by atoms with Crippen LogP contribution in [0.15, 0.2) is 29.1 Å². The molecule has 5 nitrogen and oxygen atoms in total. The number of benzene rings is 1. The zero-order valence-corrected chi connectivity index (χ0v) is 13.3. The highest BCUT2D eigenvalue weighted by Gasteiger charge is 2.27. The van der Waals surface area contributed by atoms with Crippen molar-refractivity contribution >= 4 is 0 Å². The third-order valence-electron chi connectivity index (χ3n) is 4.76. The van der Waals surface area contributed by atoms with Crippen molar-refractivity contribution in [3.63, 3.8) is 0 Å². The Morgan fingerprint density at radius 3 is 3.13 bits per heavy atom. The number of nitrogens with one attached hydrogen (secondary N) is 1. The molecular weight excluding hydrogens is 290 g/mol. The van der Waals surface area contributed by atoms with Crippen LogP contribution in [0.1, 0.15) is 29.1 Å². The highest BCUT2D eigenvalue weighted by molar-refractivity contribution is 5.34. The Morgan fingerprint density at radius 2 is 2.22 bits per heavy atom. The molecule has 5 heteroatoms. The number of rotatable bonds is 2. The molecule has 0 saturated heterocycles. The average Bonchev–Trinajstić information content (AvgIpc) is 2.80. The van der Waals surface area contributed by atoms with Gasteiger partial charge in [0, 0.05) is 19.6 Å². The quantitative estimate of drug-likeness (QED) is 0.922. The Kier molecular flexibility index (Phi) is 3.65. The van der Waals surface area contributed by atoms with Crippen LogP contribution in [0.25, 0.3) is 0 Å². The summed E-state index contributed by atoms with van der Waals surface area (Å²) in [5.41, 5.74) is 3.08. The topological polar surface area (TPSA) is 58.2 Å². The summed E-state index contributed by atoms with van der Waals surface area (Å²) in [6, 6.07) is 8.30. The molecule has 1 aromatic carbocycles. The zero-order chi connectivity index (χ0) is 15.8. The summed E-state index contributed by atoms with van der Waals surface area (Å²) in [7, 11) is 0. The number of nitrogens with zero attached hydrogens (tertiary/aromatic N) is 2. The second kappa shape index (κ2) is 5.81. The largest absolute Gasteiger partial charge is 0.493 e. The van der Waals surface area contributed by atoms with Gasteiger partial charge in [-0.1, -0.05) is 18.2 Å². The number of aromatic nitrogens is 2. The molecule has 4 rings (SSSR count). The number of fused-ring (bicyclic) bond motifs is 2. The van der Waals surface area contributed by atoms with Crippen LogP contribution in [0.3, 0.4) is 0 Å². The molecule has 0 amide bonds. The van der Waals surface area contributed by atoms with Crippen molar-refractivity contribution in [2.24, 2.45) is 5.92 Å². The van der Waals surface area contributed by atoms with Crippen LogP contribution >= 0.6 is 0 Å². The summed E-state index contributed by atoms with van der Waals surface area (Å²) in [6.07, 6.45) is 2.08. The smallest absolute Gasteiger partial charge is 0.255 e. The summed E-state index contributed by atoms with van der Waals surface area (Å²) in [6.45, 7) is 5.06. The molecule has 0 unspecified atom stereocenters. The monoisotopic (exact) mass is 311 g/mol. The van der Waals surface area contributed by atoms with E-state index in [1.165, 1.54) is 5.56 Å². The maximum absolute atomic E-state index is 12.0. The average molecular weight is 311 g/mol. The third-order valence-corrected chi connectivity index (χ3v) is 4.76. The van der Waals surface area contributed by atoms with Gasteiger partial charge in [0.05, 0.1) is 17.9 Å². The van der Waals surface area contributed by atoms with Gasteiger partial charge in [-0.25, -0.2) is 4.98 Å². The summed E-state index contributed by atoms with van der Waals surface area (Å²) in [4.78, 5) is 21.7. The number of hydrogen-bond donors (Lipinski definition) is 1. The first kappa shape index (κ1) is 14.5. The molecule has 0 aliphatic carbocycles. The van der Waals surface area contributed by atoms with Crippen molar-refractivity contribution < 1.29 is 4.74 Å². The van der Waals surface area contributed by atoms with E-state index >= 15 is 0 Å². The van der Waals surface area contributed by atoms with Gasteiger partial charge >= 0.3 is 0 Å². The minimum absolute atomic E-state index is 0.0181. The number of hydrogen-bond acceptors (Lipinski definition) is 4. The van der Waals surface area contributed by atoms with E-state index in [0.29, 0.717) is 18.3 Å². The van der Waals surface area contributed by atoms with Crippen molar-refractivity contribution in [1.29, 1.82) is 0 Å². The van der Waals surface area contributed by atoms with Crippen molar-refractivity contribution in [1.82, 2.24) is 14.9 Å². The minimum atomic E-state index is 0.0181. The van der Waals surface area contributed by atoms with Gasteiger partial charge in [0.25, 0.3) is 5.56 Å². The molecule has 0 saturated carbocycles. The van der Waals surface area contributed by atoms with E-state index in [4.69, 9.17) is 4.74 Å². The number of aryl methyl sites for hydroxylation is 1. The fourth-order valence-electron chi connectivity index (χ4n) is 3.67. The summed E-state index contributed by atoms with van der Waals surface area (Å²) in [5.74, 6) is 2.27. The van der Waals surface area contributed by atoms with Gasteiger partial charge in [0.15, 0.2) is 0 Å². The normalized spacial score (nSPS) is 20.5. The Hall–Kier alpha value is -2.14. The molecule has 0 bridgehead atoms. The van der Waals surface area contributed by atoms with E-state index in [9.17, 15) is 4.79 Å². The van der Waals surface area contributed by atoms with E-state index in [1.807, 2.05) is 13.0 Å². The predicted octanol–water partition coefficient (Wildman–Crippen LogP) is 2.04. The number of H-pyrrole nitrogens is 1. The van der Waals surface area contributed by atoms with E-state index in [-0.39, 0.29) is 5.56 Å². The molecule has 120 valence electrons. The van der Waals surface area contributed by atoms with Gasteiger partial charge in [-0.3, -0.25) is 9.69 Å². The van der Waals surface area contributed by atoms with E-state index in [1.54, 1.807) is 0 Å². The van der Waals surface area contributed by atoms with Crippen LogP contribution in [0.4, 0.5) is 0 Å². The molecule has 3 heterocycles. The molecule has 0 spiro atoms. The number of ether oxygens (including phenoxy) is 1. The van der Waals surface area contributed by atoms with Crippen LogP contribution in [0, 0.1) is 12.8 Å². The van der Waals surface area contributed by atoms with Gasteiger partial charge in [0.2, 0.25) is 0 Å². The first-order chi connectivity index (χ1) is 11.2. The van der Waals surface area contributed by atoms with E-state index in [0.717, 1.165) is 49.5 Å². The van der Waals surface area contributed by atoms with Gasteiger partial charge < -0.3 is 9.72 Å². The van der Waals surface area contributed by atoms with Crippen molar-refractivity contribution in [3.8, 4) is 5.75 Å². The molecule has 1 atom stereocenters. The molecular formula is C18H21N3O2. The highest BCUT2D eigenvalue weighted by atomic mass is 16.5. The lowest BCUT2D eigenvalue weighted by molar-refractivity contribution is 0.211. The molecule has 23 heavy (non-hydrogen) atoms. The third kappa shape index (κ3) is 2.88. The lowest BCUT2D eigenvalue weighted by Crippen LogP contribution is -2.27. The van der Waals surface area contributed by atoms with Crippen LogP contribution in [-0.4, -0.2) is 28.0 Å². The Labute approximate surface area is 135 Å². The molecule has 1 N–H and O–H groups in total. The van der Waals surface area contributed by atoms with E-state index in [2.05, 4.69) is 33.1 Å². The summed E-state index contributed by atoms with van der Waals surface area (Å²) >= 11 is 0. The summed E-state index contributed by atoms with van der Waals surface area (Å²) in [5, 5.41) is 0. The van der Waals surface area contributed by atoms with Gasteiger partial charge in [-0.05, 0) is 37.3 Å². The SMILES string of the molecule is Cc1nc2c(c(=O)[nH]1)CN(C[C@@H]1CCOc3ccccc3C1)C2. The second-order valence-electron chi connectivity index (χ2n) is 6.56. The molecule has 0 fully saturated rings. The van der Waals surface area contributed by atoms with Gasteiger partial charge in [-0.2, -0.15) is 0 Å². The van der Waals surface area contributed by atoms with Crippen molar-refractivity contribution in [2.45, 2.75) is 32.9 Å². The van der Waals surface area contributed by atoms with Crippen LogP contribution in [0.5, 0.6) is 5.75 Å². The van der Waals surface area contributed by atoms with E-state index < -0.39 is 0 Å². The maximum atomic E-state index is 12.0. The first-order valence-corrected chi connectivity index (χ1v) is 8.21. The lowest BCUT2D eigenvalue weighted by Gasteiger charge is -2.21. The Bertz CT molecular complexity index is 784. The molecule has 2 aromatic rings. The fraction of sp³-hybridized carbons (Fsp3) is 0.444. The molecule has 2 aliphatic heterocycles. The molecule has 1 aromatic heterocycles. The predicted molar refractivity (Wildman–Crippen MR) is 87.5 cm³/mol. The lowest BCUT2D eigenvalue weighted by atomic mass is 9.96. The number of para-hydroxylation sites is 1. The van der Waals surface area contributed by atoms with Gasteiger partial charge in [0.1, 0.15) is 11.6 Å². The van der Waals surface area contributed by atoms with Crippen LogP contribution < -0.4 is 10.3 Å². The Morgan fingerprint density at radius 1 is 1.35 bits per heavy atom. The zero-order valence-electron chi connectivity index (χ0n) is 13.3. The molecule has 0 radical (unpaired) electrons. The Balaban J connectivity index is 1.48. The highest BCUT2D eigenvalue weighted by Crippen LogP contribution is 2.28. The van der Waals surface area contributed by atoms with Crippen LogP contribution in [0.2, 0.25) is 0 Å². The fourth-order valence-corrected chi connectivity index (χ4v) is 3.67. The van der Waals surface area contributed by atoms with Crippen molar-refractivity contribution in [2.75, 3.05) is 13.2 Å². The molecule has 2 aliphatic rings. The van der Waals surface area contributed by atoms with Crippen LogP contribution in [-0.2, 0) is 19.5 Å². The van der Waals surface area contributed by atoms with Gasteiger partial charge in [-0.15, -0.1) is 0 Å². The minimum Gasteiger partial charge on any atom is -0.493 e. The summed E-state index contributed by atoms with van der Waals surface area (Å²) < 4.78 is 5.85. The first-order valence-electron chi connectivity index (χ1n) is 8.21. The second-order valence-corrected chi connectivity index (χ2v) is 6.56. The standard InChI is InChI=1S/C18H21N3O2/c1-12-19-16-11-21(10-15(16)18(22)20-12)9-13-6-7-23-17-5-3-2-4-14(17)8-13/h2-5,13H,6-11H2,1H3,(H,19,20,22)/t13-/m1/s1.